The standard InChI is InChI=1S/C24H29N3O2/c1-18-9-4-5-12-21(18)23-16-22(19-10-8-11-20(15-19)29-2)25-27(23)24(28)17-26-13-6-3-7-14-26/h4-5,8-12,15,23H,3,6-7,13-14,16-17H2,1-2H3/t23-/m0/s1. The lowest BCUT2D eigenvalue weighted by Crippen LogP contribution is -2.40. The Bertz CT molecular complexity index is 903. The van der Waals surface area contributed by atoms with Crippen LogP contribution >= 0.6 is 0 Å². The van der Waals surface area contributed by atoms with Gasteiger partial charge in [-0.2, -0.15) is 5.10 Å². The highest BCUT2D eigenvalue weighted by atomic mass is 16.5. The van der Waals surface area contributed by atoms with Gasteiger partial charge in [0, 0.05) is 12.0 Å². The number of carbonyl (C=O) groups is 1. The van der Waals surface area contributed by atoms with Gasteiger partial charge in [0.15, 0.2) is 0 Å². The van der Waals surface area contributed by atoms with Gasteiger partial charge in [-0.25, -0.2) is 5.01 Å². The monoisotopic (exact) mass is 391 g/mol. The summed E-state index contributed by atoms with van der Waals surface area (Å²) in [4.78, 5) is 15.5. The highest BCUT2D eigenvalue weighted by molar-refractivity contribution is 6.03. The molecule has 1 amide bonds. The van der Waals surface area contributed by atoms with Crippen molar-refractivity contribution in [2.75, 3.05) is 26.7 Å². The maximum atomic E-state index is 13.3. The minimum atomic E-state index is -0.0605. The fraction of sp³-hybridized carbons (Fsp3) is 0.417. The van der Waals surface area contributed by atoms with E-state index in [0.29, 0.717) is 13.0 Å². The van der Waals surface area contributed by atoms with Gasteiger partial charge in [-0.15, -0.1) is 0 Å². The maximum Gasteiger partial charge on any atom is 0.257 e. The number of piperidine rings is 1. The molecule has 1 atom stereocenters. The van der Waals surface area contributed by atoms with Crippen molar-refractivity contribution >= 4 is 11.6 Å². The molecule has 5 heteroatoms. The number of hydrogen-bond donors (Lipinski definition) is 0. The Morgan fingerprint density at radius 2 is 1.90 bits per heavy atom. The van der Waals surface area contributed by atoms with Crippen LogP contribution in [0.15, 0.2) is 53.6 Å². The van der Waals surface area contributed by atoms with Crippen molar-refractivity contribution in [2.24, 2.45) is 5.10 Å². The van der Waals surface area contributed by atoms with Gasteiger partial charge >= 0.3 is 0 Å². The molecule has 0 N–H and O–H groups in total. The quantitative estimate of drug-likeness (QED) is 0.769. The molecule has 29 heavy (non-hydrogen) atoms. The fourth-order valence-electron chi connectivity index (χ4n) is 4.30. The van der Waals surface area contributed by atoms with E-state index < -0.39 is 0 Å². The lowest BCUT2D eigenvalue weighted by molar-refractivity contribution is -0.134. The van der Waals surface area contributed by atoms with Crippen LogP contribution in [0, 0.1) is 6.92 Å². The smallest absolute Gasteiger partial charge is 0.257 e. The number of carbonyl (C=O) groups excluding carboxylic acids is 1. The van der Waals surface area contributed by atoms with Gasteiger partial charge in [-0.3, -0.25) is 9.69 Å². The third-order valence-electron chi connectivity index (χ3n) is 5.92. The largest absolute Gasteiger partial charge is 0.497 e. The molecule has 0 aromatic heterocycles. The van der Waals surface area contributed by atoms with Gasteiger partial charge < -0.3 is 4.74 Å². The van der Waals surface area contributed by atoms with Crippen molar-refractivity contribution in [2.45, 2.75) is 38.6 Å². The number of rotatable bonds is 5. The normalized spacial score (nSPS) is 19.9. The van der Waals surface area contributed by atoms with Gasteiger partial charge in [-0.1, -0.05) is 42.8 Å². The van der Waals surface area contributed by atoms with Crippen LogP contribution in [-0.4, -0.2) is 48.3 Å². The topological polar surface area (TPSA) is 45.1 Å². The Balaban J connectivity index is 1.63. The van der Waals surface area contributed by atoms with Gasteiger partial charge in [0.25, 0.3) is 5.91 Å². The van der Waals surface area contributed by atoms with E-state index in [1.807, 2.05) is 36.4 Å². The number of hydrazone groups is 1. The summed E-state index contributed by atoms with van der Waals surface area (Å²) in [5.41, 5.74) is 4.30. The molecular formula is C24H29N3O2. The second kappa shape index (κ2) is 8.78. The third kappa shape index (κ3) is 4.35. The van der Waals surface area contributed by atoms with Gasteiger partial charge in [0.2, 0.25) is 0 Å². The molecule has 152 valence electrons. The first kappa shape index (κ1) is 19.6. The molecule has 0 spiro atoms. The van der Waals surface area contributed by atoms with Gasteiger partial charge in [0.05, 0.1) is 25.4 Å². The van der Waals surface area contributed by atoms with E-state index in [2.05, 4.69) is 24.0 Å². The maximum absolute atomic E-state index is 13.3. The zero-order valence-corrected chi connectivity index (χ0v) is 17.3. The first-order valence-electron chi connectivity index (χ1n) is 10.5. The van der Waals surface area contributed by atoms with Crippen molar-refractivity contribution in [1.82, 2.24) is 9.91 Å². The van der Waals surface area contributed by atoms with Crippen LogP contribution in [0.2, 0.25) is 0 Å². The number of hydrogen-bond acceptors (Lipinski definition) is 4. The second-order valence-electron chi connectivity index (χ2n) is 7.93. The first-order chi connectivity index (χ1) is 14.2. The predicted octanol–water partition coefficient (Wildman–Crippen LogP) is 4.17. The summed E-state index contributed by atoms with van der Waals surface area (Å²) in [7, 11) is 1.67. The highest BCUT2D eigenvalue weighted by Crippen LogP contribution is 2.35. The summed E-state index contributed by atoms with van der Waals surface area (Å²) in [5.74, 6) is 0.883. The SMILES string of the molecule is COc1cccc(C2=NN(C(=O)CN3CCCCC3)[C@H](c3ccccc3C)C2)c1. The zero-order chi connectivity index (χ0) is 20.2. The van der Waals surface area contributed by atoms with Crippen LogP contribution in [-0.2, 0) is 4.79 Å². The predicted molar refractivity (Wildman–Crippen MR) is 115 cm³/mol. The average molecular weight is 392 g/mol. The van der Waals surface area contributed by atoms with Crippen molar-refractivity contribution in [1.29, 1.82) is 0 Å². The number of ether oxygens (including phenoxy) is 1. The highest BCUT2D eigenvalue weighted by Gasteiger charge is 2.34. The minimum absolute atomic E-state index is 0.0605. The van der Waals surface area contributed by atoms with Crippen LogP contribution in [0.4, 0.5) is 0 Å². The second-order valence-corrected chi connectivity index (χ2v) is 7.93. The molecule has 2 aliphatic rings. The summed E-state index contributed by atoms with van der Waals surface area (Å²) >= 11 is 0. The molecule has 0 aliphatic carbocycles. The molecule has 1 saturated heterocycles. The first-order valence-corrected chi connectivity index (χ1v) is 10.5. The summed E-state index contributed by atoms with van der Waals surface area (Å²) < 4.78 is 5.38. The number of benzene rings is 2. The van der Waals surface area contributed by atoms with Crippen molar-refractivity contribution < 1.29 is 9.53 Å². The Morgan fingerprint density at radius 3 is 2.66 bits per heavy atom. The van der Waals surface area contributed by atoms with Crippen molar-refractivity contribution in [3.63, 3.8) is 0 Å². The molecule has 2 heterocycles. The zero-order valence-electron chi connectivity index (χ0n) is 17.3. The molecule has 0 radical (unpaired) electrons. The van der Waals surface area contributed by atoms with E-state index in [9.17, 15) is 4.79 Å². The number of nitrogens with zero attached hydrogens (tertiary/aromatic N) is 3. The molecule has 0 unspecified atom stereocenters. The van der Waals surface area contributed by atoms with Gasteiger partial charge in [-0.05, 0) is 56.1 Å². The molecule has 2 aromatic rings. The van der Waals surface area contributed by atoms with Gasteiger partial charge in [0.1, 0.15) is 5.75 Å². The number of amides is 1. The number of likely N-dealkylation sites (tertiary alicyclic amines) is 1. The number of methoxy groups -OCH3 is 1. The Labute approximate surface area is 173 Å². The van der Waals surface area contributed by atoms with E-state index in [1.165, 1.54) is 30.4 Å². The lowest BCUT2D eigenvalue weighted by atomic mass is 9.95. The summed E-state index contributed by atoms with van der Waals surface area (Å²) in [5, 5.41) is 6.54. The Hall–Kier alpha value is -2.66. The Kier molecular flexibility index (Phi) is 5.95. The van der Waals surface area contributed by atoms with Crippen LogP contribution in [0.1, 0.15) is 48.4 Å². The molecular weight excluding hydrogens is 362 g/mol. The molecule has 2 aromatic carbocycles. The van der Waals surface area contributed by atoms with E-state index in [4.69, 9.17) is 9.84 Å². The van der Waals surface area contributed by atoms with Crippen LogP contribution in [0.3, 0.4) is 0 Å². The molecule has 2 aliphatic heterocycles. The minimum Gasteiger partial charge on any atom is -0.497 e. The van der Waals surface area contributed by atoms with E-state index in [0.717, 1.165) is 30.1 Å². The lowest BCUT2D eigenvalue weighted by Gasteiger charge is -2.29. The van der Waals surface area contributed by atoms with Crippen LogP contribution < -0.4 is 4.74 Å². The van der Waals surface area contributed by atoms with Crippen molar-refractivity contribution in [3.8, 4) is 5.75 Å². The third-order valence-corrected chi connectivity index (χ3v) is 5.92. The van der Waals surface area contributed by atoms with E-state index in [-0.39, 0.29) is 11.9 Å². The van der Waals surface area contributed by atoms with E-state index in [1.54, 1.807) is 12.1 Å². The average Bonchev–Trinajstić information content (AvgIpc) is 3.20. The summed E-state index contributed by atoms with van der Waals surface area (Å²) in [6.45, 7) is 4.55. The molecule has 0 bridgehead atoms. The fourth-order valence-corrected chi connectivity index (χ4v) is 4.30. The van der Waals surface area contributed by atoms with Crippen LogP contribution in [0.25, 0.3) is 0 Å². The van der Waals surface area contributed by atoms with Crippen LogP contribution in [0.5, 0.6) is 5.75 Å². The summed E-state index contributed by atoms with van der Waals surface area (Å²) in [6, 6.07) is 16.2. The summed E-state index contributed by atoms with van der Waals surface area (Å²) in [6.07, 6.45) is 4.32. The molecule has 5 nitrogen and oxygen atoms in total. The van der Waals surface area contributed by atoms with E-state index >= 15 is 0 Å². The number of aryl methyl sites for hydroxylation is 1. The molecule has 4 rings (SSSR count). The van der Waals surface area contributed by atoms with Crippen molar-refractivity contribution in [3.05, 3.63) is 65.2 Å². The molecule has 1 fully saturated rings. The molecule has 0 saturated carbocycles. The Morgan fingerprint density at radius 1 is 1.10 bits per heavy atom.